The second-order valence-electron chi connectivity index (χ2n) is 4.84. The Morgan fingerprint density at radius 3 is 2.68 bits per heavy atom. The van der Waals surface area contributed by atoms with Gasteiger partial charge in [0.2, 0.25) is 5.91 Å². The molecule has 2 rings (SSSR count). The number of nitrogens with one attached hydrogen (secondary N) is 2. The van der Waals surface area contributed by atoms with Gasteiger partial charge in [-0.05, 0) is 43.0 Å². The quantitative estimate of drug-likeness (QED) is 0.809. The highest BCUT2D eigenvalue weighted by molar-refractivity contribution is 9.10. The van der Waals surface area contributed by atoms with Crippen molar-refractivity contribution >= 4 is 27.5 Å². The molecule has 1 aliphatic carbocycles. The van der Waals surface area contributed by atoms with Crippen molar-refractivity contribution in [2.45, 2.75) is 18.9 Å². The molecule has 1 saturated carbocycles. The minimum absolute atomic E-state index is 0.0240. The number of hydrogen-bond donors (Lipinski definition) is 2. The van der Waals surface area contributed by atoms with Crippen molar-refractivity contribution in [3.63, 3.8) is 0 Å². The van der Waals surface area contributed by atoms with Crippen molar-refractivity contribution in [2.75, 3.05) is 25.6 Å². The molecular formula is C14H19BrN2O2. The molecule has 0 aromatic heterocycles. The van der Waals surface area contributed by atoms with E-state index in [2.05, 4.69) is 26.6 Å². The minimum atomic E-state index is -0.0240. The van der Waals surface area contributed by atoms with Gasteiger partial charge in [0.15, 0.2) is 0 Å². The predicted molar refractivity (Wildman–Crippen MR) is 79.2 cm³/mol. The fourth-order valence-corrected chi connectivity index (χ4v) is 2.27. The van der Waals surface area contributed by atoms with Gasteiger partial charge in [0, 0.05) is 23.3 Å². The zero-order valence-electron chi connectivity index (χ0n) is 11.0. The molecule has 2 N–H and O–H groups in total. The Balaban J connectivity index is 1.75. The van der Waals surface area contributed by atoms with Crippen LogP contribution in [0.15, 0.2) is 28.7 Å². The largest absolute Gasteiger partial charge is 0.383 e. The summed E-state index contributed by atoms with van der Waals surface area (Å²) in [5, 5.41) is 6.13. The van der Waals surface area contributed by atoms with Gasteiger partial charge < -0.3 is 15.4 Å². The molecule has 0 spiro atoms. The summed E-state index contributed by atoms with van der Waals surface area (Å²) in [4.78, 5) is 11.8. The highest BCUT2D eigenvalue weighted by Gasteiger charge is 2.31. The van der Waals surface area contributed by atoms with Crippen LogP contribution in [0.1, 0.15) is 12.8 Å². The van der Waals surface area contributed by atoms with Gasteiger partial charge in [0.25, 0.3) is 0 Å². The maximum absolute atomic E-state index is 11.8. The van der Waals surface area contributed by atoms with Gasteiger partial charge in [-0.2, -0.15) is 0 Å². The fourth-order valence-electron chi connectivity index (χ4n) is 2.00. The van der Waals surface area contributed by atoms with E-state index in [1.54, 1.807) is 7.11 Å². The Labute approximate surface area is 122 Å². The first-order valence-corrected chi connectivity index (χ1v) is 7.26. The topological polar surface area (TPSA) is 50.4 Å². The summed E-state index contributed by atoms with van der Waals surface area (Å²) in [5.41, 5.74) is 0.810. The Bertz CT molecular complexity index is 418. The number of carbonyl (C=O) groups is 1. The summed E-state index contributed by atoms with van der Waals surface area (Å²) in [7, 11) is 1.69. The first-order valence-electron chi connectivity index (χ1n) is 6.47. The number of ether oxygens (including phenoxy) is 1. The molecule has 0 saturated heterocycles. The van der Waals surface area contributed by atoms with Gasteiger partial charge in [-0.3, -0.25) is 4.79 Å². The molecule has 1 fully saturated rings. The van der Waals surface area contributed by atoms with Crippen LogP contribution in [0.4, 0.5) is 5.69 Å². The van der Waals surface area contributed by atoms with E-state index in [-0.39, 0.29) is 5.91 Å². The smallest absolute Gasteiger partial charge is 0.238 e. The third-order valence-corrected chi connectivity index (χ3v) is 3.72. The molecular weight excluding hydrogens is 308 g/mol. The standard InChI is InChI=1S/C14H19BrN2O2/c1-19-9-13(10-2-3-10)16-8-14(18)17-12-6-4-11(15)5-7-12/h4-7,10,13,16H,2-3,8-9H2,1H3,(H,17,18)/t13-/m0/s1. The van der Waals surface area contributed by atoms with Crippen molar-refractivity contribution in [3.05, 3.63) is 28.7 Å². The second-order valence-corrected chi connectivity index (χ2v) is 5.75. The normalized spacial score (nSPS) is 16.1. The van der Waals surface area contributed by atoms with E-state index < -0.39 is 0 Å². The van der Waals surface area contributed by atoms with Crippen LogP contribution < -0.4 is 10.6 Å². The summed E-state index contributed by atoms with van der Waals surface area (Å²) in [6.07, 6.45) is 2.46. The van der Waals surface area contributed by atoms with E-state index in [0.29, 0.717) is 25.1 Å². The van der Waals surface area contributed by atoms with Crippen LogP contribution in [0.25, 0.3) is 0 Å². The van der Waals surface area contributed by atoms with Gasteiger partial charge >= 0.3 is 0 Å². The average Bonchev–Trinajstić information content (AvgIpc) is 3.21. The monoisotopic (exact) mass is 326 g/mol. The molecule has 0 unspecified atom stereocenters. The summed E-state index contributed by atoms with van der Waals surface area (Å²) in [5.74, 6) is 0.643. The maximum Gasteiger partial charge on any atom is 0.238 e. The van der Waals surface area contributed by atoms with Gasteiger partial charge in [0.05, 0.1) is 13.2 Å². The fraction of sp³-hybridized carbons (Fsp3) is 0.500. The lowest BCUT2D eigenvalue weighted by atomic mass is 10.2. The third-order valence-electron chi connectivity index (χ3n) is 3.19. The maximum atomic E-state index is 11.8. The van der Waals surface area contributed by atoms with E-state index >= 15 is 0 Å². The lowest BCUT2D eigenvalue weighted by Crippen LogP contribution is -2.40. The third kappa shape index (κ3) is 4.93. The molecule has 0 radical (unpaired) electrons. The SMILES string of the molecule is COC[C@H](NCC(=O)Nc1ccc(Br)cc1)C1CC1. The number of amides is 1. The summed E-state index contributed by atoms with van der Waals surface area (Å²) < 4.78 is 6.17. The Morgan fingerprint density at radius 2 is 2.11 bits per heavy atom. The molecule has 104 valence electrons. The van der Waals surface area contributed by atoms with Gasteiger partial charge in [-0.15, -0.1) is 0 Å². The highest BCUT2D eigenvalue weighted by atomic mass is 79.9. The molecule has 1 aromatic carbocycles. The molecule has 0 heterocycles. The summed E-state index contributed by atoms with van der Waals surface area (Å²) in [6.45, 7) is 0.983. The number of hydrogen-bond acceptors (Lipinski definition) is 3. The van der Waals surface area contributed by atoms with Crippen LogP contribution >= 0.6 is 15.9 Å². The average molecular weight is 327 g/mol. The van der Waals surface area contributed by atoms with Crippen LogP contribution in [0.2, 0.25) is 0 Å². The second kappa shape index (κ2) is 7.03. The van der Waals surface area contributed by atoms with Crippen LogP contribution in [0.3, 0.4) is 0 Å². The number of benzene rings is 1. The van der Waals surface area contributed by atoms with Crippen molar-refractivity contribution in [1.29, 1.82) is 0 Å². The zero-order valence-corrected chi connectivity index (χ0v) is 12.6. The van der Waals surface area contributed by atoms with Gasteiger partial charge in [-0.1, -0.05) is 15.9 Å². The Kier molecular flexibility index (Phi) is 5.36. The minimum Gasteiger partial charge on any atom is -0.383 e. The first kappa shape index (κ1) is 14.5. The molecule has 4 nitrogen and oxygen atoms in total. The number of methoxy groups -OCH3 is 1. The molecule has 1 atom stereocenters. The van der Waals surface area contributed by atoms with Crippen LogP contribution in [-0.2, 0) is 9.53 Å². The Morgan fingerprint density at radius 1 is 1.42 bits per heavy atom. The number of rotatable bonds is 7. The van der Waals surface area contributed by atoms with E-state index in [0.717, 1.165) is 10.2 Å². The van der Waals surface area contributed by atoms with Crippen LogP contribution in [0.5, 0.6) is 0 Å². The zero-order chi connectivity index (χ0) is 13.7. The number of halogens is 1. The summed E-state index contributed by atoms with van der Waals surface area (Å²) in [6, 6.07) is 7.84. The molecule has 5 heteroatoms. The van der Waals surface area contributed by atoms with E-state index in [1.807, 2.05) is 24.3 Å². The molecule has 0 bridgehead atoms. The lowest BCUT2D eigenvalue weighted by molar-refractivity contribution is -0.115. The van der Waals surface area contributed by atoms with Crippen molar-refractivity contribution in [3.8, 4) is 0 Å². The van der Waals surface area contributed by atoms with E-state index in [9.17, 15) is 4.79 Å². The molecule has 0 aliphatic heterocycles. The van der Waals surface area contributed by atoms with Crippen LogP contribution in [0, 0.1) is 5.92 Å². The van der Waals surface area contributed by atoms with Crippen molar-refractivity contribution < 1.29 is 9.53 Å². The van der Waals surface area contributed by atoms with Crippen LogP contribution in [-0.4, -0.2) is 32.2 Å². The van der Waals surface area contributed by atoms with Gasteiger partial charge in [0.1, 0.15) is 0 Å². The van der Waals surface area contributed by atoms with E-state index in [4.69, 9.17) is 4.74 Å². The molecule has 1 amide bonds. The lowest BCUT2D eigenvalue weighted by Gasteiger charge is -2.16. The molecule has 19 heavy (non-hydrogen) atoms. The van der Waals surface area contributed by atoms with Gasteiger partial charge in [-0.25, -0.2) is 0 Å². The first-order chi connectivity index (χ1) is 9.19. The Hall–Kier alpha value is -0.910. The highest BCUT2D eigenvalue weighted by Crippen LogP contribution is 2.32. The predicted octanol–water partition coefficient (Wildman–Crippen LogP) is 2.40. The van der Waals surface area contributed by atoms with Crippen molar-refractivity contribution in [1.82, 2.24) is 5.32 Å². The van der Waals surface area contributed by atoms with E-state index in [1.165, 1.54) is 12.8 Å². The number of anilines is 1. The summed E-state index contributed by atoms with van der Waals surface area (Å²) >= 11 is 3.36. The molecule has 1 aliphatic rings. The van der Waals surface area contributed by atoms with Crippen molar-refractivity contribution in [2.24, 2.45) is 5.92 Å². The molecule has 1 aromatic rings. The number of carbonyl (C=O) groups excluding carboxylic acids is 1.